The second-order valence-electron chi connectivity index (χ2n) is 11.8. The first kappa shape index (κ1) is 28.1. The molecular weight excluding hydrogens is 560 g/mol. The smallest absolute Gasteiger partial charge is 0.266 e. The summed E-state index contributed by atoms with van der Waals surface area (Å²) in [5.74, 6) is -0.0469. The number of aliphatic hydroxyl groups is 1. The molecule has 7 rings (SSSR count). The zero-order chi connectivity index (χ0) is 30.4. The third-order valence-electron chi connectivity index (χ3n) is 9.04. The minimum Gasteiger partial charge on any atom is -0.390 e. The molecular formula is C33H32N6O5. The van der Waals surface area contributed by atoms with E-state index in [1.165, 1.54) is 16.5 Å². The zero-order valence-corrected chi connectivity index (χ0v) is 24.1. The monoisotopic (exact) mass is 592 g/mol. The van der Waals surface area contributed by atoms with Crippen LogP contribution in [0.4, 0.5) is 0 Å². The van der Waals surface area contributed by atoms with E-state index in [1.54, 1.807) is 23.1 Å². The first-order valence-electron chi connectivity index (χ1n) is 15.0. The van der Waals surface area contributed by atoms with E-state index in [4.69, 9.17) is 0 Å². The van der Waals surface area contributed by atoms with Crippen molar-refractivity contribution in [3.63, 3.8) is 0 Å². The van der Waals surface area contributed by atoms with Crippen molar-refractivity contribution < 1.29 is 19.5 Å². The second-order valence-corrected chi connectivity index (χ2v) is 11.8. The quantitative estimate of drug-likeness (QED) is 0.326. The molecule has 0 spiro atoms. The maximum absolute atomic E-state index is 13.4. The molecule has 2 aromatic carbocycles. The van der Waals surface area contributed by atoms with Crippen LogP contribution in [0, 0.1) is 0 Å². The summed E-state index contributed by atoms with van der Waals surface area (Å²) in [5, 5.41) is 12.3. The molecule has 0 radical (unpaired) electrons. The summed E-state index contributed by atoms with van der Waals surface area (Å²) in [7, 11) is 0. The number of nitrogens with zero attached hydrogens (tertiary/aromatic N) is 5. The number of benzene rings is 2. The Morgan fingerprint density at radius 3 is 2.59 bits per heavy atom. The predicted octanol–water partition coefficient (Wildman–Crippen LogP) is 2.41. The van der Waals surface area contributed by atoms with Gasteiger partial charge in [0, 0.05) is 25.1 Å². The van der Waals surface area contributed by atoms with Crippen LogP contribution in [-0.4, -0.2) is 66.3 Å². The first-order valence-corrected chi connectivity index (χ1v) is 15.0. The van der Waals surface area contributed by atoms with Gasteiger partial charge in [-0.2, -0.15) is 0 Å². The largest absolute Gasteiger partial charge is 0.390 e. The van der Waals surface area contributed by atoms with Gasteiger partial charge in [-0.15, -0.1) is 0 Å². The number of carbonyl (C=O) groups is 3. The summed E-state index contributed by atoms with van der Waals surface area (Å²) in [5.41, 5.74) is 4.72. The highest BCUT2D eigenvalue weighted by Crippen LogP contribution is 2.34. The fourth-order valence-corrected chi connectivity index (χ4v) is 6.65. The number of aliphatic hydroxyl groups excluding tert-OH is 1. The molecule has 3 aliphatic rings. The molecule has 11 nitrogen and oxygen atoms in total. The number of aromatic nitrogens is 3. The zero-order valence-electron chi connectivity index (χ0n) is 24.1. The third-order valence-corrected chi connectivity index (χ3v) is 9.04. The summed E-state index contributed by atoms with van der Waals surface area (Å²) in [4.78, 5) is 63.2. The lowest BCUT2D eigenvalue weighted by Gasteiger charge is -2.32. The molecule has 0 bridgehead atoms. The lowest BCUT2D eigenvalue weighted by Crippen LogP contribution is -2.52. The maximum Gasteiger partial charge on any atom is 0.266 e. The number of pyridine rings is 1. The van der Waals surface area contributed by atoms with Crippen molar-refractivity contribution >= 4 is 28.6 Å². The Labute approximate surface area is 253 Å². The van der Waals surface area contributed by atoms with Gasteiger partial charge in [-0.3, -0.25) is 34.0 Å². The van der Waals surface area contributed by atoms with Crippen molar-refractivity contribution in [1.82, 2.24) is 29.7 Å². The van der Waals surface area contributed by atoms with Crippen molar-refractivity contribution in [3.8, 4) is 5.82 Å². The molecule has 0 aliphatic carbocycles. The van der Waals surface area contributed by atoms with Crippen LogP contribution in [0.2, 0.25) is 0 Å². The number of hydrogen-bond acceptors (Lipinski definition) is 8. The van der Waals surface area contributed by atoms with Gasteiger partial charge >= 0.3 is 0 Å². The van der Waals surface area contributed by atoms with E-state index in [9.17, 15) is 24.3 Å². The molecule has 224 valence electrons. The van der Waals surface area contributed by atoms with Gasteiger partial charge in [0.25, 0.3) is 11.5 Å². The standard InChI is InChI=1S/C33H32N6O5/c40-18-24-2-1-3-29(35-24)39-19-34-27-7-4-20(14-26(27)33(39)44)16-37-12-10-21(11-13-37)22-5-6-25-23(15-22)17-38(32(25)43)28-8-9-30(41)36-31(28)42/h1-7,14-15,19,21,28,40H,8-13,16-18H2,(H,36,41,42). The summed E-state index contributed by atoms with van der Waals surface area (Å²) < 4.78 is 1.41. The Hall–Kier alpha value is -4.74. The fourth-order valence-electron chi connectivity index (χ4n) is 6.65. The summed E-state index contributed by atoms with van der Waals surface area (Å²) in [6.07, 6.45) is 4.01. The van der Waals surface area contributed by atoms with Crippen LogP contribution < -0.4 is 10.9 Å². The Bertz CT molecular complexity index is 1860. The molecule has 0 saturated carbocycles. The lowest BCUT2D eigenvalue weighted by atomic mass is 9.87. The Kier molecular flexibility index (Phi) is 7.27. The van der Waals surface area contributed by atoms with Gasteiger partial charge in [0.05, 0.1) is 23.2 Å². The highest BCUT2D eigenvalue weighted by molar-refractivity contribution is 6.05. The molecule has 2 aromatic heterocycles. The van der Waals surface area contributed by atoms with Crippen molar-refractivity contribution in [3.05, 3.63) is 99.2 Å². The van der Waals surface area contributed by atoms with Crippen LogP contribution in [0.3, 0.4) is 0 Å². The third kappa shape index (κ3) is 5.18. The molecule has 2 N–H and O–H groups in total. The van der Waals surface area contributed by atoms with E-state index in [0.717, 1.165) is 43.6 Å². The van der Waals surface area contributed by atoms with Gasteiger partial charge in [-0.1, -0.05) is 24.3 Å². The predicted molar refractivity (Wildman–Crippen MR) is 161 cm³/mol. The Morgan fingerprint density at radius 2 is 1.80 bits per heavy atom. The molecule has 2 fully saturated rings. The van der Waals surface area contributed by atoms with E-state index in [2.05, 4.69) is 26.3 Å². The normalized spacial score (nSPS) is 19.4. The number of imide groups is 1. The van der Waals surface area contributed by atoms with Crippen molar-refractivity contribution in [1.29, 1.82) is 0 Å². The van der Waals surface area contributed by atoms with Gasteiger partial charge in [-0.25, -0.2) is 9.97 Å². The number of likely N-dealkylation sites (tertiary alicyclic amines) is 1. The molecule has 4 aromatic rings. The molecule has 3 amide bonds. The van der Waals surface area contributed by atoms with Crippen LogP contribution >= 0.6 is 0 Å². The van der Waals surface area contributed by atoms with Gasteiger partial charge in [0.15, 0.2) is 0 Å². The van der Waals surface area contributed by atoms with Crippen molar-refractivity contribution in [2.75, 3.05) is 13.1 Å². The number of amides is 3. The maximum atomic E-state index is 13.4. The van der Waals surface area contributed by atoms with Gasteiger partial charge < -0.3 is 10.0 Å². The lowest BCUT2D eigenvalue weighted by molar-refractivity contribution is -0.136. The van der Waals surface area contributed by atoms with Crippen molar-refractivity contribution in [2.45, 2.75) is 57.3 Å². The Morgan fingerprint density at radius 1 is 0.955 bits per heavy atom. The number of fused-ring (bicyclic) bond motifs is 2. The highest BCUT2D eigenvalue weighted by Gasteiger charge is 2.39. The second kappa shape index (κ2) is 11.4. The number of piperidine rings is 2. The number of rotatable bonds is 6. The minimum atomic E-state index is -0.609. The first-order chi connectivity index (χ1) is 21.4. The summed E-state index contributed by atoms with van der Waals surface area (Å²) >= 11 is 0. The average Bonchev–Trinajstić information content (AvgIpc) is 3.37. The molecule has 1 atom stereocenters. The van der Waals surface area contributed by atoms with E-state index in [1.807, 2.05) is 30.3 Å². The molecule has 5 heterocycles. The van der Waals surface area contributed by atoms with Gasteiger partial charge in [0.1, 0.15) is 18.2 Å². The van der Waals surface area contributed by atoms with E-state index in [-0.39, 0.29) is 30.4 Å². The molecule has 2 saturated heterocycles. The van der Waals surface area contributed by atoms with Crippen molar-refractivity contribution in [2.24, 2.45) is 0 Å². The van der Waals surface area contributed by atoms with Crippen LogP contribution in [0.5, 0.6) is 0 Å². The number of carbonyl (C=O) groups excluding carboxylic acids is 3. The topological polar surface area (TPSA) is 138 Å². The number of hydrogen-bond donors (Lipinski definition) is 2. The van der Waals surface area contributed by atoms with Crippen LogP contribution in [0.25, 0.3) is 16.7 Å². The summed E-state index contributed by atoms with van der Waals surface area (Å²) in [6.45, 7) is 2.69. The van der Waals surface area contributed by atoms with Crippen LogP contribution in [-0.2, 0) is 29.3 Å². The SMILES string of the molecule is O=C1CCC(N2Cc3cc(C4CCN(Cc5ccc6ncn(-c7cccc(CO)n7)c(=O)c6c5)CC4)ccc3C2=O)C(=O)N1. The number of nitrogens with one attached hydrogen (secondary N) is 1. The highest BCUT2D eigenvalue weighted by atomic mass is 16.3. The van der Waals surface area contributed by atoms with Crippen LogP contribution in [0.15, 0.2) is 65.7 Å². The van der Waals surface area contributed by atoms with E-state index >= 15 is 0 Å². The molecule has 11 heteroatoms. The van der Waals surface area contributed by atoms with E-state index < -0.39 is 11.9 Å². The molecule has 3 aliphatic heterocycles. The molecule has 1 unspecified atom stereocenters. The van der Waals surface area contributed by atoms with E-state index in [0.29, 0.717) is 46.9 Å². The van der Waals surface area contributed by atoms with Crippen LogP contribution in [0.1, 0.15) is 64.3 Å². The average molecular weight is 593 g/mol. The molecule has 44 heavy (non-hydrogen) atoms. The fraction of sp³-hybridized carbons (Fsp3) is 0.333. The minimum absolute atomic E-state index is 0.150. The van der Waals surface area contributed by atoms with Gasteiger partial charge in [-0.05, 0) is 85.3 Å². The Balaban J connectivity index is 1.02. The van der Waals surface area contributed by atoms with Gasteiger partial charge in [0.2, 0.25) is 11.8 Å². The summed E-state index contributed by atoms with van der Waals surface area (Å²) in [6, 6.07) is 16.4.